The van der Waals surface area contributed by atoms with Crippen LogP contribution in [0.3, 0.4) is 0 Å². The van der Waals surface area contributed by atoms with Crippen molar-refractivity contribution in [1.82, 2.24) is 4.72 Å². The first-order chi connectivity index (χ1) is 7.74. The summed E-state index contributed by atoms with van der Waals surface area (Å²) >= 11 is 3.14. The van der Waals surface area contributed by atoms with Crippen LogP contribution in [0.2, 0.25) is 0 Å². The fraction of sp³-hybridized carbons (Fsp3) is 0.333. The lowest BCUT2D eigenvalue weighted by Gasteiger charge is -2.15. The summed E-state index contributed by atoms with van der Waals surface area (Å²) in [5.74, 6) is -0.231. The average Bonchev–Trinajstić information content (AvgIpc) is 3.14. The molecule has 0 N–H and O–H groups in total. The number of hydrogen-bond acceptors (Lipinski definition) is 3. The minimum Gasteiger partial charge on any atom is -0.424 e. The predicted octanol–water partition coefficient (Wildman–Crippen LogP) is 1.51. The van der Waals surface area contributed by atoms with Crippen LogP contribution in [0.15, 0.2) is 22.7 Å². The molecule has 1 aromatic rings. The van der Waals surface area contributed by atoms with E-state index in [0.717, 1.165) is 18.6 Å². The minimum atomic E-state index is -0.231. The van der Waals surface area contributed by atoms with Gasteiger partial charge in [-0.2, -0.15) is 0 Å². The summed E-state index contributed by atoms with van der Waals surface area (Å²) in [5, 5.41) is 0. The highest BCUT2D eigenvalue weighted by molar-refractivity contribution is 9.10. The normalized spacial score (nSPS) is 18.2. The van der Waals surface area contributed by atoms with Crippen molar-refractivity contribution in [2.24, 2.45) is 0 Å². The second-order valence-corrected chi connectivity index (χ2v) is 4.85. The van der Waals surface area contributed by atoms with Crippen LogP contribution < -0.4 is 0 Å². The maximum atomic E-state index is 13.3. The Morgan fingerprint density at radius 1 is 1.31 bits per heavy atom. The molecule has 0 aliphatic carbocycles. The third kappa shape index (κ3) is 2.32. The summed E-state index contributed by atoms with van der Waals surface area (Å²) in [6.07, 6.45) is 0. The first kappa shape index (κ1) is 10.8. The molecule has 0 aromatic heterocycles. The van der Waals surface area contributed by atoms with Crippen LogP contribution in [0.5, 0.6) is 0 Å². The van der Waals surface area contributed by atoms with Gasteiger partial charge < -0.3 is 14.0 Å². The molecule has 2 aliphatic heterocycles. The molecule has 1 aromatic carbocycles. The molecule has 2 saturated heterocycles. The Labute approximate surface area is 102 Å². The Morgan fingerprint density at radius 3 is 2.44 bits per heavy atom. The van der Waals surface area contributed by atoms with E-state index in [1.807, 2.05) is 6.07 Å². The van der Waals surface area contributed by atoms with Crippen molar-refractivity contribution in [3.05, 3.63) is 34.1 Å². The van der Waals surface area contributed by atoms with E-state index in [9.17, 15) is 4.39 Å². The van der Waals surface area contributed by atoms with Crippen molar-refractivity contribution in [3.63, 3.8) is 0 Å². The highest BCUT2D eigenvalue weighted by atomic mass is 79.9. The molecular weight excluding hydrogens is 275 g/mol. The average molecular weight is 284 g/mol. The standard InChI is InChI=1S/C9H9B2BrFNO2/c12-8-2-1-7(3-9(8)13)4-14(10-5-15-10)11-6-16-11/h1-3H,4-6H2. The van der Waals surface area contributed by atoms with E-state index in [4.69, 9.17) is 9.31 Å². The molecule has 2 heterocycles. The van der Waals surface area contributed by atoms with Crippen molar-refractivity contribution in [1.29, 1.82) is 0 Å². The van der Waals surface area contributed by atoms with Gasteiger partial charge in [-0.1, -0.05) is 6.07 Å². The monoisotopic (exact) mass is 283 g/mol. The van der Waals surface area contributed by atoms with Gasteiger partial charge in [-0.3, -0.25) is 0 Å². The Hall–Kier alpha value is -0.360. The number of halogens is 2. The van der Waals surface area contributed by atoms with Gasteiger partial charge in [0.05, 0.1) is 17.5 Å². The number of rotatable bonds is 4. The predicted molar refractivity (Wildman–Crippen MR) is 63.1 cm³/mol. The molecule has 0 bridgehead atoms. The first-order valence-corrected chi connectivity index (χ1v) is 5.96. The summed E-state index contributed by atoms with van der Waals surface area (Å²) < 4.78 is 26.4. The summed E-state index contributed by atoms with van der Waals surface area (Å²) in [6, 6.07) is 5.18. The Kier molecular flexibility index (Phi) is 2.79. The van der Waals surface area contributed by atoms with Gasteiger partial charge in [0.2, 0.25) is 0 Å². The molecule has 0 atom stereocenters. The Morgan fingerprint density at radius 2 is 1.94 bits per heavy atom. The molecule has 3 nitrogen and oxygen atoms in total. The van der Waals surface area contributed by atoms with Crippen LogP contribution in [0.4, 0.5) is 4.39 Å². The lowest BCUT2D eigenvalue weighted by atomic mass is 9.76. The molecule has 0 amide bonds. The molecule has 0 saturated carbocycles. The molecule has 3 rings (SSSR count). The van der Waals surface area contributed by atoms with Crippen LogP contribution in [0.25, 0.3) is 0 Å². The van der Waals surface area contributed by atoms with E-state index in [0.29, 0.717) is 11.0 Å². The van der Waals surface area contributed by atoms with Crippen molar-refractivity contribution in [2.45, 2.75) is 6.54 Å². The van der Waals surface area contributed by atoms with Crippen LogP contribution in [-0.4, -0.2) is 31.8 Å². The van der Waals surface area contributed by atoms with E-state index in [1.165, 1.54) is 0 Å². The van der Waals surface area contributed by atoms with Gasteiger partial charge in [-0.15, -0.1) is 0 Å². The highest BCUT2D eigenvalue weighted by Crippen LogP contribution is 2.23. The molecule has 2 fully saturated rings. The number of benzene rings is 1. The zero-order chi connectivity index (χ0) is 11.1. The molecule has 7 heteroatoms. The molecular formula is C9H9B2BrFNO2. The van der Waals surface area contributed by atoms with Crippen molar-refractivity contribution < 1.29 is 13.7 Å². The van der Waals surface area contributed by atoms with Crippen molar-refractivity contribution in [3.8, 4) is 0 Å². The van der Waals surface area contributed by atoms with Crippen molar-refractivity contribution in [2.75, 3.05) is 13.0 Å². The van der Waals surface area contributed by atoms with Gasteiger partial charge >= 0.3 is 14.1 Å². The van der Waals surface area contributed by atoms with Crippen LogP contribution in [0, 0.1) is 5.82 Å². The maximum absolute atomic E-state index is 13.3. The second-order valence-electron chi connectivity index (χ2n) is 4.00. The third-order valence-electron chi connectivity index (χ3n) is 2.72. The van der Waals surface area contributed by atoms with E-state index in [-0.39, 0.29) is 19.9 Å². The van der Waals surface area contributed by atoms with Crippen LogP contribution in [-0.2, 0) is 15.9 Å². The summed E-state index contributed by atoms with van der Waals surface area (Å²) in [5.41, 5.74) is 0.937. The van der Waals surface area contributed by atoms with Gasteiger partial charge in [0.25, 0.3) is 0 Å². The molecule has 0 spiro atoms. The zero-order valence-corrected chi connectivity index (χ0v) is 10.1. The van der Waals surface area contributed by atoms with Gasteiger partial charge in [-0.25, -0.2) is 4.39 Å². The molecule has 0 unspecified atom stereocenters. The number of nitrogens with zero attached hydrogens (tertiary/aromatic N) is 1. The van der Waals surface area contributed by atoms with Gasteiger partial charge in [0, 0.05) is 6.54 Å². The van der Waals surface area contributed by atoms with Crippen LogP contribution >= 0.6 is 15.9 Å². The SMILES string of the molecule is Fc1cc(CN(B2CO2)B2CO2)ccc1Br. The lowest BCUT2D eigenvalue weighted by Crippen LogP contribution is -2.36. The summed E-state index contributed by atoms with van der Waals surface area (Å²) in [6.45, 7) is 2.16. The van der Waals surface area contributed by atoms with Gasteiger partial charge in [-0.05, 0) is 33.6 Å². The lowest BCUT2D eigenvalue weighted by molar-refractivity contribution is 0.491. The maximum Gasteiger partial charge on any atom is 0.398 e. The van der Waals surface area contributed by atoms with Crippen LogP contribution in [0.1, 0.15) is 5.56 Å². The molecule has 16 heavy (non-hydrogen) atoms. The fourth-order valence-electron chi connectivity index (χ4n) is 1.71. The second kappa shape index (κ2) is 4.14. The van der Waals surface area contributed by atoms with E-state index in [1.54, 1.807) is 12.1 Å². The topological polar surface area (TPSA) is 28.3 Å². The van der Waals surface area contributed by atoms with Crippen molar-refractivity contribution >= 4 is 30.0 Å². The zero-order valence-electron chi connectivity index (χ0n) is 8.53. The van der Waals surface area contributed by atoms with Gasteiger partial charge in [0.1, 0.15) is 5.82 Å². The summed E-state index contributed by atoms with van der Waals surface area (Å²) in [4.78, 5) is 0. The minimum absolute atomic E-state index is 0.152. The van der Waals surface area contributed by atoms with E-state index < -0.39 is 0 Å². The third-order valence-corrected chi connectivity index (χ3v) is 3.36. The molecule has 0 radical (unpaired) electrons. The number of hydrogen-bond donors (Lipinski definition) is 0. The Balaban J connectivity index is 1.73. The van der Waals surface area contributed by atoms with Gasteiger partial charge in [0.15, 0.2) is 0 Å². The molecule has 82 valence electrons. The highest BCUT2D eigenvalue weighted by Gasteiger charge is 2.49. The van der Waals surface area contributed by atoms with E-state index in [2.05, 4.69) is 20.7 Å². The fourth-order valence-corrected chi connectivity index (χ4v) is 1.95. The largest absolute Gasteiger partial charge is 0.424 e. The summed E-state index contributed by atoms with van der Waals surface area (Å²) in [7, 11) is 0.304. The van der Waals surface area contributed by atoms with E-state index >= 15 is 0 Å². The quantitative estimate of drug-likeness (QED) is 0.619. The smallest absolute Gasteiger partial charge is 0.398 e. The Bertz CT molecular complexity index is 402. The molecule has 2 aliphatic rings. The first-order valence-electron chi connectivity index (χ1n) is 5.17.